The highest BCUT2D eigenvalue weighted by Crippen LogP contribution is 2.23. The fraction of sp³-hybridized carbons (Fsp3) is 0.533. The molecule has 0 aromatic heterocycles. The van der Waals surface area contributed by atoms with Crippen molar-refractivity contribution in [1.29, 1.82) is 0 Å². The molecule has 0 radical (unpaired) electrons. The molecule has 0 aliphatic carbocycles. The fourth-order valence-electron chi connectivity index (χ4n) is 2.52. The van der Waals surface area contributed by atoms with Gasteiger partial charge in [-0.3, -0.25) is 0 Å². The lowest BCUT2D eigenvalue weighted by molar-refractivity contribution is 0.0526. The Labute approximate surface area is 114 Å². The Bertz CT molecular complexity index is 440. The van der Waals surface area contributed by atoms with E-state index in [1.807, 2.05) is 12.1 Å². The van der Waals surface area contributed by atoms with E-state index in [1.165, 1.54) is 12.8 Å². The third kappa shape index (κ3) is 3.70. The fourth-order valence-corrected chi connectivity index (χ4v) is 2.52. The summed E-state index contributed by atoms with van der Waals surface area (Å²) in [5.41, 5.74) is 8.42. The van der Waals surface area contributed by atoms with Crippen LogP contribution in [-0.4, -0.2) is 25.7 Å². The first-order chi connectivity index (χ1) is 9.20. The monoisotopic (exact) mass is 262 g/mol. The zero-order chi connectivity index (χ0) is 13.7. The maximum Gasteiger partial charge on any atom is 0.338 e. The van der Waals surface area contributed by atoms with E-state index in [-0.39, 0.29) is 5.97 Å². The Balaban J connectivity index is 2.04. The lowest BCUT2D eigenvalue weighted by atomic mass is 9.90. The number of piperidine rings is 1. The van der Waals surface area contributed by atoms with Gasteiger partial charge in [0.1, 0.15) is 0 Å². The molecule has 3 N–H and O–H groups in total. The first-order valence-corrected chi connectivity index (χ1v) is 6.97. The van der Waals surface area contributed by atoms with Gasteiger partial charge in [0, 0.05) is 5.69 Å². The Morgan fingerprint density at radius 2 is 2.16 bits per heavy atom. The number of hydrogen-bond acceptors (Lipinski definition) is 4. The van der Waals surface area contributed by atoms with E-state index in [9.17, 15) is 4.79 Å². The normalized spacial score (nSPS) is 16.3. The van der Waals surface area contributed by atoms with E-state index in [4.69, 9.17) is 10.5 Å². The summed E-state index contributed by atoms with van der Waals surface area (Å²) in [6, 6.07) is 5.50. The van der Waals surface area contributed by atoms with Gasteiger partial charge in [-0.1, -0.05) is 6.07 Å². The van der Waals surface area contributed by atoms with Gasteiger partial charge >= 0.3 is 5.97 Å². The van der Waals surface area contributed by atoms with Crippen molar-refractivity contribution in [2.75, 3.05) is 25.4 Å². The van der Waals surface area contributed by atoms with E-state index >= 15 is 0 Å². The van der Waals surface area contributed by atoms with Gasteiger partial charge in [-0.05, 0) is 62.9 Å². The number of rotatable bonds is 4. The second-order valence-corrected chi connectivity index (χ2v) is 5.03. The highest BCUT2D eigenvalue weighted by atomic mass is 16.5. The molecule has 104 valence electrons. The maximum atomic E-state index is 11.6. The second-order valence-electron chi connectivity index (χ2n) is 5.03. The number of hydrogen-bond donors (Lipinski definition) is 2. The lowest BCUT2D eigenvalue weighted by Crippen LogP contribution is -2.28. The van der Waals surface area contributed by atoms with Crippen LogP contribution in [0, 0.1) is 5.92 Å². The molecule has 2 rings (SSSR count). The molecule has 0 saturated carbocycles. The summed E-state index contributed by atoms with van der Waals surface area (Å²) < 4.78 is 4.97. The van der Waals surface area contributed by atoms with E-state index in [0.717, 1.165) is 25.1 Å². The van der Waals surface area contributed by atoms with Crippen LogP contribution in [0.2, 0.25) is 0 Å². The summed E-state index contributed by atoms with van der Waals surface area (Å²) in [5.74, 6) is 0.389. The quantitative estimate of drug-likeness (QED) is 0.643. The first-order valence-electron chi connectivity index (χ1n) is 6.97. The molecule has 1 fully saturated rings. The summed E-state index contributed by atoms with van der Waals surface area (Å²) in [5, 5.41) is 3.36. The number of esters is 1. The Morgan fingerprint density at radius 3 is 2.79 bits per heavy atom. The Morgan fingerprint density at radius 1 is 1.42 bits per heavy atom. The number of nitrogen functional groups attached to an aromatic ring is 1. The molecule has 0 amide bonds. The number of carbonyl (C=O) groups excluding carboxylic acids is 1. The largest absolute Gasteiger partial charge is 0.462 e. The minimum atomic E-state index is -0.303. The molecule has 0 atom stereocenters. The van der Waals surface area contributed by atoms with Crippen LogP contribution in [0.1, 0.15) is 35.7 Å². The van der Waals surface area contributed by atoms with Gasteiger partial charge in [0.05, 0.1) is 12.2 Å². The van der Waals surface area contributed by atoms with Crippen LogP contribution in [-0.2, 0) is 11.2 Å². The van der Waals surface area contributed by atoms with Gasteiger partial charge < -0.3 is 15.8 Å². The Hall–Kier alpha value is -1.55. The van der Waals surface area contributed by atoms with Crippen molar-refractivity contribution < 1.29 is 9.53 Å². The number of nitrogens with two attached hydrogens (primary N) is 1. The topological polar surface area (TPSA) is 64.3 Å². The maximum absolute atomic E-state index is 11.6. The van der Waals surface area contributed by atoms with Crippen molar-refractivity contribution in [2.24, 2.45) is 5.92 Å². The van der Waals surface area contributed by atoms with Gasteiger partial charge in [-0.2, -0.15) is 0 Å². The number of ether oxygens (including phenoxy) is 1. The summed E-state index contributed by atoms with van der Waals surface area (Å²) in [7, 11) is 0. The van der Waals surface area contributed by atoms with Crippen molar-refractivity contribution in [3.05, 3.63) is 29.3 Å². The van der Waals surface area contributed by atoms with Crippen LogP contribution in [0.4, 0.5) is 5.69 Å². The van der Waals surface area contributed by atoms with E-state index in [0.29, 0.717) is 23.8 Å². The van der Waals surface area contributed by atoms with Crippen LogP contribution in [0.5, 0.6) is 0 Å². The number of nitrogens with one attached hydrogen (secondary N) is 1. The zero-order valence-corrected chi connectivity index (χ0v) is 11.4. The molecular formula is C15H22N2O2. The highest BCUT2D eigenvalue weighted by molar-refractivity contribution is 5.90. The molecule has 1 aliphatic heterocycles. The summed E-state index contributed by atoms with van der Waals surface area (Å²) in [6.07, 6.45) is 3.38. The van der Waals surface area contributed by atoms with Crippen molar-refractivity contribution in [2.45, 2.75) is 26.2 Å². The minimum Gasteiger partial charge on any atom is -0.462 e. The minimum absolute atomic E-state index is 0.303. The number of carbonyl (C=O) groups is 1. The van der Waals surface area contributed by atoms with Crippen LogP contribution < -0.4 is 11.1 Å². The van der Waals surface area contributed by atoms with Crippen molar-refractivity contribution in [3.63, 3.8) is 0 Å². The highest BCUT2D eigenvalue weighted by Gasteiger charge is 2.16. The SMILES string of the molecule is CCOC(=O)c1ccc(CC2CCNCC2)c(N)c1. The van der Waals surface area contributed by atoms with Gasteiger partial charge in [0.25, 0.3) is 0 Å². The Kier molecular flexibility index (Phi) is 4.80. The van der Waals surface area contributed by atoms with Gasteiger partial charge in [-0.25, -0.2) is 4.79 Å². The summed E-state index contributed by atoms with van der Waals surface area (Å²) in [4.78, 5) is 11.6. The molecule has 1 aliphatic rings. The van der Waals surface area contributed by atoms with E-state index in [1.54, 1.807) is 13.0 Å². The number of benzene rings is 1. The van der Waals surface area contributed by atoms with Crippen molar-refractivity contribution in [3.8, 4) is 0 Å². The molecule has 1 aromatic carbocycles. The molecule has 0 unspecified atom stereocenters. The lowest BCUT2D eigenvalue weighted by Gasteiger charge is -2.23. The van der Waals surface area contributed by atoms with E-state index < -0.39 is 0 Å². The summed E-state index contributed by atoms with van der Waals surface area (Å²) in [6.45, 7) is 4.36. The third-order valence-electron chi connectivity index (χ3n) is 3.62. The van der Waals surface area contributed by atoms with Crippen molar-refractivity contribution in [1.82, 2.24) is 5.32 Å². The smallest absolute Gasteiger partial charge is 0.338 e. The van der Waals surface area contributed by atoms with Gasteiger partial charge in [0.15, 0.2) is 0 Å². The predicted molar refractivity (Wildman–Crippen MR) is 76.1 cm³/mol. The van der Waals surface area contributed by atoms with Gasteiger partial charge in [0.2, 0.25) is 0 Å². The summed E-state index contributed by atoms with van der Waals surface area (Å²) >= 11 is 0. The standard InChI is InChI=1S/C15H22N2O2/c1-2-19-15(18)13-4-3-12(14(16)10-13)9-11-5-7-17-8-6-11/h3-4,10-11,17H,2,5-9,16H2,1H3. The second kappa shape index (κ2) is 6.57. The molecule has 1 heterocycles. The molecule has 4 heteroatoms. The molecular weight excluding hydrogens is 240 g/mol. The molecule has 4 nitrogen and oxygen atoms in total. The first kappa shape index (κ1) is 13.9. The average molecular weight is 262 g/mol. The van der Waals surface area contributed by atoms with Crippen molar-refractivity contribution >= 4 is 11.7 Å². The molecule has 1 saturated heterocycles. The molecule has 1 aromatic rings. The molecule has 0 bridgehead atoms. The van der Waals surface area contributed by atoms with E-state index in [2.05, 4.69) is 5.32 Å². The third-order valence-corrected chi connectivity index (χ3v) is 3.62. The predicted octanol–water partition coefficient (Wildman–Crippen LogP) is 1.99. The van der Waals surface area contributed by atoms with Crippen LogP contribution in [0.3, 0.4) is 0 Å². The molecule has 19 heavy (non-hydrogen) atoms. The van der Waals surface area contributed by atoms with Crippen LogP contribution in [0.25, 0.3) is 0 Å². The van der Waals surface area contributed by atoms with Crippen LogP contribution in [0.15, 0.2) is 18.2 Å². The number of anilines is 1. The van der Waals surface area contributed by atoms with Gasteiger partial charge in [-0.15, -0.1) is 0 Å². The van der Waals surface area contributed by atoms with Crippen LogP contribution >= 0.6 is 0 Å². The average Bonchev–Trinajstić information content (AvgIpc) is 2.42. The zero-order valence-electron chi connectivity index (χ0n) is 11.4. The molecule has 0 spiro atoms.